The number of methoxy groups -OCH3 is 1. The van der Waals surface area contributed by atoms with E-state index in [1.807, 2.05) is 6.07 Å². The van der Waals surface area contributed by atoms with Crippen molar-refractivity contribution in [3.05, 3.63) is 41.5 Å². The summed E-state index contributed by atoms with van der Waals surface area (Å²) in [6.45, 7) is 1.90. The predicted molar refractivity (Wildman–Crippen MR) is 95.1 cm³/mol. The molecule has 1 heterocycles. The van der Waals surface area contributed by atoms with Crippen molar-refractivity contribution in [3.63, 3.8) is 0 Å². The van der Waals surface area contributed by atoms with Gasteiger partial charge in [0.1, 0.15) is 11.5 Å². The third-order valence-electron chi connectivity index (χ3n) is 3.94. The molecule has 0 amide bonds. The van der Waals surface area contributed by atoms with Gasteiger partial charge >= 0.3 is 0 Å². The first-order valence-electron chi connectivity index (χ1n) is 7.66. The van der Waals surface area contributed by atoms with Gasteiger partial charge in [-0.2, -0.15) is 0 Å². The zero-order chi connectivity index (χ0) is 16.4. The number of benzene rings is 2. The summed E-state index contributed by atoms with van der Waals surface area (Å²) < 4.78 is 5.28. The van der Waals surface area contributed by atoms with Crippen molar-refractivity contribution in [2.24, 2.45) is 0 Å². The second-order valence-electron chi connectivity index (χ2n) is 5.93. The van der Waals surface area contributed by atoms with Gasteiger partial charge in [-0.1, -0.05) is 17.8 Å². The van der Waals surface area contributed by atoms with Crippen LogP contribution in [0.25, 0.3) is 0 Å². The van der Waals surface area contributed by atoms with Gasteiger partial charge < -0.3 is 20.1 Å². The fourth-order valence-corrected chi connectivity index (χ4v) is 3.83. The molecule has 2 N–H and O–H groups in total. The van der Waals surface area contributed by atoms with Crippen LogP contribution < -0.4 is 10.1 Å². The van der Waals surface area contributed by atoms with E-state index in [2.05, 4.69) is 42.5 Å². The van der Waals surface area contributed by atoms with E-state index in [-0.39, 0.29) is 0 Å². The standard InChI is InChI=1S/C18H22N2O2S/c1-20(2)8-7-19-15-5-4-6-17-14(15)10-12-9-13(22-3)11-16(21)18(12)23-17/h4-6,9,11,19,21H,7-8,10H2,1-3H3. The average molecular weight is 330 g/mol. The summed E-state index contributed by atoms with van der Waals surface area (Å²) in [6, 6.07) is 10.00. The first-order chi connectivity index (χ1) is 11.1. The molecule has 3 rings (SSSR count). The number of phenolic OH excluding ortho intramolecular Hbond substituents is 1. The van der Waals surface area contributed by atoms with Gasteiger partial charge in [0.15, 0.2) is 0 Å². The summed E-state index contributed by atoms with van der Waals surface area (Å²) in [4.78, 5) is 4.30. The molecule has 23 heavy (non-hydrogen) atoms. The van der Waals surface area contributed by atoms with Crippen LogP contribution in [-0.4, -0.2) is 44.3 Å². The fraction of sp³-hybridized carbons (Fsp3) is 0.333. The predicted octanol–water partition coefficient (Wildman–Crippen LogP) is 3.43. The molecule has 1 aliphatic heterocycles. The molecule has 1 aliphatic rings. The third-order valence-corrected chi connectivity index (χ3v) is 5.22. The zero-order valence-electron chi connectivity index (χ0n) is 13.7. The molecule has 122 valence electrons. The normalized spacial score (nSPS) is 12.7. The molecule has 0 aromatic heterocycles. The molecule has 0 saturated carbocycles. The maximum Gasteiger partial charge on any atom is 0.133 e. The van der Waals surface area contributed by atoms with Crippen molar-refractivity contribution in [3.8, 4) is 11.5 Å². The highest BCUT2D eigenvalue weighted by Crippen LogP contribution is 2.47. The maximum atomic E-state index is 10.2. The molecule has 0 atom stereocenters. The van der Waals surface area contributed by atoms with Gasteiger partial charge in [0.25, 0.3) is 0 Å². The van der Waals surface area contributed by atoms with Gasteiger partial charge in [0, 0.05) is 36.2 Å². The van der Waals surface area contributed by atoms with Gasteiger partial charge in [-0.05, 0) is 43.4 Å². The van der Waals surface area contributed by atoms with Gasteiger partial charge in [0.2, 0.25) is 0 Å². The Morgan fingerprint density at radius 2 is 2.13 bits per heavy atom. The summed E-state index contributed by atoms with van der Waals surface area (Å²) in [5.74, 6) is 0.990. The molecule has 0 radical (unpaired) electrons. The lowest BCUT2D eigenvalue weighted by atomic mass is 10.0. The number of aromatic hydroxyl groups is 1. The van der Waals surface area contributed by atoms with Crippen LogP contribution in [0, 0.1) is 0 Å². The van der Waals surface area contributed by atoms with Crippen LogP contribution >= 0.6 is 11.8 Å². The van der Waals surface area contributed by atoms with Gasteiger partial charge in [-0.3, -0.25) is 0 Å². The van der Waals surface area contributed by atoms with Gasteiger partial charge in [-0.25, -0.2) is 0 Å². The first kappa shape index (κ1) is 16.0. The lowest BCUT2D eigenvalue weighted by molar-refractivity contribution is 0.404. The first-order valence-corrected chi connectivity index (χ1v) is 8.48. The minimum Gasteiger partial charge on any atom is -0.507 e. The molecule has 0 spiro atoms. The van der Waals surface area contributed by atoms with Crippen molar-refractivity contribution < 1.29 is 9.84 Å². The van der Waals surface area contributed by atoms with Crippen LogP contribution in [-0.2, 0) is 6.42 Å². The van der Waals surface area contributed by atoms with Gasteiger partial charge in [-0.15, -0.1) is 0 Å². The van der Waals surface area contributed by atoms with Crippen LogP contribution in [0.1, 0.15) is 11.1 Å². The minimum absolute atomic E-state index is 0.293. The molecule has 0 saturated heterocycles. The van der Waals surface area contributed by atoms with E-state index in [4.69, 9.17) is 4.74 Å². The highest BCUT2D eigenvalue weighted by molar-refractivity contribution is 7.99. The lowest BCUT2D eigenvalue weighted by Crippen LogP contribution is -2.21. The molecular weight excluding hydrogens is 308 g/mol. The Balaban J connectivity index is 1.89. The van der Waals surface area contributed by atoms with Crippen molar-refractivity contribution in [2.75, 3.05) is 39.6 Å². The van der Waals surface area contributed by atoms with E-state index < -0.39 is 0 Å². The molecule has 5 heteroatoms. The summed E-state index contributed by atoms with van der Waals surface area (Å²) in [5.41, 5.74) is 3.57. The van der Waals surface area contributed by atoms with Crippen LogP contribution in [0.2, 0.25) is 0 Å². The number of ether oxygens (including phenoxy) is 1. The maximum absolute atomic E-state index is 10.2. The minimum atomic E-state index is 0.293. The van der Waals surface area contributed by atoms with Crippen LogP contribution in [0.15, 0.2) is 40.1 Å². The monoisotopic (exact) mass is 330 g/mol. The number of anilines is 1. The van der Waals surface area contributed by atoms with E-state index >= 15 is 0 Å². The Bertz CT molecular complexity index is 716. The highest BCUT2D eigenvalue weighted by atomic mass is 32.2. The summed E-state index contributed by atoms with van der Waals surface area (Å²) in [6.07, 6.45) is 0.799. The molecular formula is C18H22N2O2S. The number of hydrogen-bond donors (Lipinski definition) is 2. The van der Waals surface area contributed by atoms with E-state index in [1.54, 1.807) is 24.9 Å². The largest absolute Gasteiger partial charge is 0.507 e. The molecule has 0 aliphatic carbocycles. The topological polar surface area (TPSA) is 44.7 Å². The van der Waals surface area contributed by atoms with E-state index in [9.17, 15) is 5.11 Å². The molecule has 0 bridgehead atoms. The zero-order valence-corrected chi connectivity index (χ0v) is 14.5. The number of rotatable bonds is 5. The molecule has 0 unspecified atom stereocenters. The average Bonchev–Trinajstić information content (AvgIpc) is 2.53. The van der Waals surface area contributed by atoms with E-state index in [0.717, 1.165) is 30.0 Å². The van der Waals surface area contributed by atoms with Crippen LogP contribution in [0.5, 0.6) is 11.5 Å². The van der Waals surface area contributed by atoms with Crippen molar-refractivity contribution in [1.29, 1.82) is 0 Å². The lowest BCUT2D eigenvalue weighted by Gasteiger charge is -2.23. The Hall–Kier alpha value is -1.85. The Kier molecular flexibility index (Phi) is 4.68. The number of fused-ring (bicyclic) bond motifs is 2. The molecule has 2 aromatic carbocycles. The quantitative estimate of drug-likeness (QED) is 0.750. The van der Waals surface area contributed by atoms with Gasteiger partial charge in [0.05, 0.1) is 12.0 Å². The van der Waals surface area contributed by atoms with Crippen LogP contribution in [0.3, 0.4) is 0 Å². The summed E-state index contributed by atoms with van der Waals surface area (Å²) >= 11 is 1.63. The number of phenols is 1. The Labute approximate surface area is 141 Å². The smallest absolute Gasteiger partial charge is 0.133 e. The summed E-state index contributed by atoms with van der Waals surface area (Å²) in [7, 11) is 5.77. The number of likely N-dealkylation sites (N-methyl/N-ethyl adjacent to an activating group) is 1. The number of nitrogens with one attached hydrogen (secondary N) is 1. The number of hydrogen-bond acceptors (Lipinski definition) is 5. The van der Waals surface area contributed by atoms with Crippen molar-refractivity contribution in [2.45, 2.75) is 16.2 Å². The fourth-order valence-electron chi connectivity index (χ4n) is 2.73. The van der Waals surface area contributed by atoms with Crippen molar-refractivity contribution in [1.82, 2.24) is 4.90 Å². The third kappa shape index (κ3) is 3.41. The Morgan fingerprint density at radius 1 is 1.30 bits per heavy atom. The second-order valence-corrected chi connectivity index (χ2v) is 6.98. The molecule has 0 fully saturated rings. The van der Waals surface area contributed by atoms with Crippen molar-refractivity contribution >= 4 is 17.4 Å². The second kappa shape index (κ2) is 6.72. The SMILES string of the molecule is COc1cc(O)c2c(c1)Cc1c(NCCN(C)C)cccc1S2. The molecule has 2 aromatic rings. The molecule has 4 nitrogen and oxygen atoms in total. The summed E-state index contributed by atoms with van der Waals surface area (Å²) in [5, 5.41) is 13.8. The van der Waals surface area contributed by atoms with E-state index in [1.165, 1.54) is 16.1 Å². The van der Waals surface area contributed by atoms with E-state index in [0.29, 0.717) is 11.5 Å². The Morgan fingerprint density at radius 3 is 2.87 bits per heavy atom. The highest BCUT2D eigenvalue weighted by Gasteiger charge is 2.22. The van der Waals surface area contributed by atoms with Crippen LogP contribution in [0.4, 0.5) is 5.69 Å². The number of nitrogens with zero attached hydrogens (tertiary/aromatic N) is 1.